The lowest BCUT2D eigenvalue weighted by Gasteiger charge is -2.11. The van der Waals surface area contributed by atoms with Crippen molar-refractivity contribution in [3.05, 3.63) is 0 Å². The second-order valence-corrected chi connectivity index (χ2v) is 5.19. The van der Waals surface area contributed by atoms with Gasteiger partial charge in [-0.2, -0.15) is 8.78 Å². The fourth-order valence-electron chi connectivity index (χ4n) is 2.01. The van der Waals surface area contributed by atoms with Gasteiger partial charge in [0.15, 0.2) is 5.78 Å². The highest BCUT2D eigenvalue weighted by Gasteiger charge is 2.33. The minimum Gasteiger partial charge on any atom is -0.293 e. The number of alkyl halides is 2. The number of unbranched alkanes of at least 4 members (excludes halogenated alkanes) is 9. The van der Waals surface area contributed by atoms with Gasteiger partial charge in [-0.3, -0.25) is 4.79 Å². The first kappa shape index (κ1) is 17.5. The number of carbonyl (C=O) groups is 1. The van der Waals surface area contributed by atoms with Gasteiger partial charge >= 0.3 is 5.92 Å². The van der Waals surface area contributed by atoms with Crippen LogP contribution in [0.15, 0.2) is 0 Å². The molecule has 0 radical (unpaired) electrons. The van der Waals surface area contributed by atoms with E-state index >= 15 is 0 Å². The Balaban J connectivity index is 3.24. The Bertz CT molecular complexity index is 215. The molecule has 0 rings (SSSR count). The highest BCUT2D eigenvalue weighted by Crippen LogP contribution is 2.23. The van der Waals surface area contributed by atoms with Crippen molar-refractivity contribution in [3.8, 4) is 0 Å². The van der Waals surface area contributed by atoms with Gasteiger partial charge in [-0.05, 0) is 6.42 Å². The van der Waals surface area contributed by atoms with E-state index in [0.717, 1.165) is 26.2 Å². The lowest BCUT2D eigenvalue weighted by molar-refractivity contribution is -0.141. The van der Waals surface area contributed by atoms with Gasteiger partial charge in [0.05, 0.1) is 0 Å². The fraction of sp³-hybridized carbons (Fsp3) is 0.933. The van der Waals surface area contributed by atoms with Crippen LogP contribution in [0.2, 0.25) is 0 Å². The molecule has 0 amide bonds. The van der Waals surface area contributed by atoms with Crippen molar-refractivity contribution in [1.29, 1.82) is 0 Å². The van der Waals surface area contributed by atoms with Crippen LogP contribution in [0.5, 0.6) is 0 Å². The van der Waals surface area contributed by atoms with Crippen LogP contribution in [0.1, 0.15) is 84.5 Å². The van der Waals surface area contributed by atoms with E-state index < -0.39 is 11.7 Å². The average molecular weight is 262 g/mol. The van der Waals surface area contributed by atoms with E-state index in [4.69, 9.17) is 0 Å². The Morgan fingerprint density at radius 1 is 0.833 bits per heavy atom. The van der Waals surface area contributed by atoms with Crippen LogP contribution in [0.4, 0.5) is 8.78 Å². The van der Waals surface area contributed by atoms with Crippen LogP contribution < -0.4 is 0 Å². The van der Waals surface area contributed by atoms with Crippen molar-refractivity contribution in [2.24, 2.45) is 0 Å². The van der Waals surface area contributed by atoms with Crippen molar-refractivity contribution < 1.29 is 13.6 Å². The van der Waals surface area contributed by atoms with Crippen molar-refractivity contribution in [3.63, 3.8) is 0 Å². The van der Waals surface area contributed by atoms with Crippen LogP contribution in [0.25, 0.3) is 0 Å². The largest absolute Gasteiger partial charge is 0.304 e. The van der Waals surface area contributed by atoms with Gasteiger partial charge in [-0.1, -0.05) is 64.7 Å². The Labute approximate surface area is 110 Å². The summed E-state index contributed by atoms with van der Waals surface area (Å²) in [5, 5.41) is 0. The van der Waals surface area contributed by atoms with Crippen LogP contribution in [-0.2, 0) is 4.79 Å². The Hall–Kier alpha value is -0.470. The van der Waals surface area contributed by atoms with E-state index in [1.165, 1.54) is 38.5 Å². The first-order valence-electron chi connectivity index (χ1n) is 7.39. The number of hydrogen-bond donors (Lipinski definition) is 0. The molecule has 0 saturated carbocycles. The molecule has 0 unspecified atom stereocenters. The van der Waals surface area contributed by atoms with Gasteiger partial charge in [0.2, 0.25) is 0 Å². The summed E-state index contributed by atoms with van der Waals surface area (Å²) >= 11 is 0. The second-order valence-electron chi connectivity index (χ2n) is 5.19. The van der Waals surface area contributed by atoms with E-state index in [1.54, 1.807) is 0 Å². The maximum Gasteiger partial charge on any atom is 0.304 e. The second kappa shape index (κ2) is 10.5. The van der Waals surface area contributed by atoms with Gasteiger partial charge in [0.1, 0.15) is 0 Å². The fourth-order valence-corrected chi connectivity index (χ4v) is 2.01. The standard InChI is InChI=1S/C15H28F2O/c1-3-4-5-6-7-8-9-10-11-12-13-15(16,17)14(2)18/h3-13H2,1-2H3. The van der Waals surface area contributed by atoms with E-state index in [0.29, 0.717) is 6.42 Å². The van der Waals surface area contributed by atoms with Crippen molar-refractivity contribution >= 4 is 5.78 Å². The molecule has 0 atom stereocenters. The molecule has 0 bridgehead atoms. The molecule has 18 heavy (non-hydrogen) atoms. The highest BCUT2D eigenvalue weighted by molar-refractivity contribution is 5.82. The smallest absolute Gasteiger partial charge is 0.293 e. The lowest BCUT2D eigenvalue weighted by Crippen LogP contribution is -2.25. The monoisotopic (exact) mass is 262 g/mol. The Kier molecular flexibility index (Phi) is 10.2. The summed E-state index contributed by atoms with van der Waals surface area (Å²) in [5.74, 6) is -4.10. The molecular weight excluding hydrogens is 234 g/mol. The minimum atomic E-state index is -3.10. The van der Waals surface area contributed by atoms with E-state index in [9.17, 15) is 13.6 Å². The number of hydrogen-bond acceptors (Lipinski definition) is 1. The van der Waals surface area contributed by atoms with Gasteiger partial charge in [-0.25, -0.2) is 0 Å². The molecule has 3 heteroatoms. The SMILES string of the molecule is CCCCCCCCCCCCC(F)(F)C(C)=O. The highest BCUT2D eigenvalue weighted by atomic mass is 19.3. The minimum absolute atomic E-state index is 0.279. The van der Waals surface area contributed by atoms with E-state index in [-0.39, 0.29) is 6.42 Å². The Morgan fingerprint density at radius 2 is 1.22 bits per heavy atom. The predicted molar refractivity (Wildman–Crippen MR) is 72.1 cm³/mol. The Morgan fingerprint density at radius 3 is 1.61 bits per heavy atom. The molecule has 0 aliphatic carbocycles. The van der Waals surface area contributed by atoms with Crippen LogP contribution in [-0.4, -0.2) is 11.7 Å². The molecule has 108 valence electrons. The molecule has 0 heterocycles. The molecule has 0 aromatic rings. The molecule has 0 aliphatic rings. The van der Waals surface area contributed by atoms with Gasteiger partial charge in [-0.15, -0.1) is 0 Å². The van der Waals surface area contributed by atoms with Crippen molar-refractivity contribution in [2.75, 3.05) is 0 Å². The van der Waals surface area contributed by atoms with E-state index in [1.807, 2.05) is 0 Å². The lowest BCUT2D eigenvalue weighted by atomic mass is 10.0. The third kappa shape index (κ3) is 9.55. The molecular formula is C15H28F2O. The average Bonchev–Trinajstić information content (AvgIpc) is 2.31. The van der Waals surface area contributed by atoms with Crippen molar-refractivity contribution in [2.45, 2.75) is 90.4 Å². The third-order valence-corrected chi connectivity index (χ3v) is 3.36. The normalized spacial score (nSPS) is 11.8. The number of rotatable bonds is 12. The summed E-state index contributed by atoms with van der Waals surface area (Å²) < 4.78 is 25.9. The molecule has 0 fully saturated rings. The molecule has 0 N–H and O–H groups in total. The number of Topliss-reactive ketones (excluding diaryl/α,β-unsaturated/α-hetero) is 1. The van der Waals surface area contributed by atoms with Gasteiger partial charge in [0, 0.05) is 13.3 Å². The maximum absolute atomic E-state index is 12.9. The summed E-state index contributed by atoms with van der Waals surface area (Å²) in [7, 11) is 0. The third-order valence-electron chi connectivity index (χ3n) is 3.36. The number of ketones is 1. The van der Waals surface area contributed by atoms with Crippen LogP contribution >= 0.6 is 0 Å². The predicted octanol–water partition coefficient (Wildman–Crippen LogP) is 5.52. The summed E-state index contributed by atoms with van der Waals surface area (Å²) in [4.78, 5) is 10.6. The molecule has 0 aromatic heterocycles. The maximum atomic E-state index is 12.9. The van der Waals surface area contributed by atoms with Crippen LogP contribution in [0.3, 0.4) is 0 Å². The molecule has 0 aromatic carbocycles. The molecule has 0 saturated heterocycles. The summed E-state index contributed by atoms with van der Waals surface area (Å²) in [6.45, 7) is 3.17. The van der Waals surface area contributed by atoms with Gasteiger partial charge in [0.25, 0.3) is 0 Å². The van der Waals surface area contributed by atoms with Crippen molar-refractivity contribution in [1.82, 2.24) is 0 Å². The topological polar surface area (TPSA) is 17.1 Å². The summed E-state index contributed by atoms with van der Waals surface area (Å²) in [5.41, 5.74) is 0. The molecule has 0 spiro atoms. The first-order chi connectivity index (χ1) is 8.50. The molecule has 0 aliphatic heterocycles. The van der Waals surface area contributed by atoms with Crippen LogP contribution in [0, 0.1) is 0 Å². The zero-order valence-corrected chi connectivity index (χ0v) is 11.9. The number of carbonyl (C=O) groups excluding carboxylic acids is 1. The first-order valence-corrected chi connectivity index (χ1v) is 7.39. The summed E-state index contributed by atoms with van der Waals surface area (Å²) in [6.07, 6.45) is 10.8. The van der Waals surface area contributed by atoms with Gasteiger partial charge < -0.3 is 0 Å². The zero-order chi connectivity index (χ0) is 13.9. The summed E-state index contributed by atoms with van der Waals surface area (Å²) in [6, 6.07) is 0. The zero-order valence-electron chi connectivity index (χ0n) is 11.9. The molecule has 1 nitrogen and oxygen atoms in total. The quantitative estimate of drug-likeness (QED) is 0.423. The number of halogens is 2. The van der Waals surface area contributed by atoms with E-state index in [2.05, 4.69) is 6.92 Å².